The van der Waals surface area contributed by atoms with Crippen LogP contribution in [-0.2, 0) is 9.59 Å². The number of aromatic nitrogens is 2. The Bertz CT molecular complexity index is 809. The number of hydrogen-bond donors (Lipinski definition) is 3. The predicted octanol–water partition coefficient (Wildman–Crippen LogP) is 2.54. The SMILES string of the molecule is CC[C@H](CC(=O)NO)C(=O)N1CC2(CC2)C[C@@H]1c1nc2ccccc2[nH]1. The highest BCUT2D eigenvalue weighted by atomic mass is 16.5. The van der Waals surface area contributed by atoms with Crippen LogP contribution >= 0.6 is 0 Å². The van der Waals surface area contributed by atoms with Crippen molar-refractivity contribution in [1.29, 1.82) is 0 Å². The molecule has 0 unspecified atom stereocenters. The third-order valence-electron chi connectivity index (χ3n) is 5.87. The number of nitrogens with one attached hydrogen (secondary N) is 2. The Labute approximate surface area is 151 Å². The number of para-hydroxylation sites is 2. The molecule has 2 aliphatic rings. The maximum atomic E-state index is 13.2. The van der Waals surface area contributed by atoms with Gasteiger partial charge in [0.15, 0.2) is 0 Å². The van der Waals surface area contributed by atoms with E-state index in [1.54, 1.807) is 5.48 Å². The molecule has 7 heteroatoms. The summed E-state index contributed by atoms with van der Waals surface area (Å²) in [6.45, 7) is 2.62. The summed E-state index contributed by atoms with van der Waals surface area (Å²) >= 11 is 0. The largest absolute Gasteiger partial charge is 0.340 e. The first-order valence-electron chi connectivity index (χ1n) is 9.23. The molecule has 3 N–H and O–H groups in total. The summed E-state index contributed by atoms with van der Waals surface area (Å²) in [5.41, 5.74) is 3.73. The van der Waals surface area contributed by atoms with E-state index in [-0.39, 0.29) is 23.8 Å². The molecule has 2 heterocycles. The lowest BCUT2D eigenvalue weighted by molar-refractivity contribution is -0.141. The second-order valence-corrected chi connectivity index (χ2v) is 7.67. The van der Waals surface area contributed by atoms with Crippen LogP contribution in [0.25, 0.3) is 11.0 Å². The number of carbonyl (C=O) groups is 2. The lowest BCUT2D eigenvalue weighted by Crippen LogP contribution is -2.38. The lowest BCUT2D eigenvalue weighted by atomic mass is 9.99. The first-order chi connectivity index (χ1) is 12.5. The van der Waals surface area contributed by atoms with Gasteiger partial charge in [0, 0.05) is 18.9 Å². The predicted molar refractivity (Wildman–Crippen MR) is 95.2 cm³/mol. The number of hydrogen-bond acceptors (Lipinski definition) is 4. The smallest absolute Gasteiger partial charge is 0.244 e. The molecule has 7 nitrogen and oxygen atoms in total. The van der Waals surface area contributed by atoms with Crippen molar-refractivity contribution >= 4 is 22.8 Å². The Kier molecular flexibility index (Phi) is 4.19. The fourth-order valence-corrected chi connectivity index (χ4v) is 4.11. The van der Waals surface area contributed by atoms with Crippen molar-refractivity contribution < 1.29 is 14.8 Å². The molecule has 1 aromatic heterocycles. The molecule has 2 fully saturated rings. The Balaban J connectivity index is 1.62. The number of amides is 2. The van der Waals surface area contributed by atoms with Crippen LogP contribution < -0.4 is 5.48 Å². The lowest BCUT2D eigenvalue weighted by Gasteiger charge is -2.27. The molecule has 2 amide bonds. The number of aromatic amines is 1. The van der Waals surface area contributed by atoms with Gasteiger partial charge in [0.1, 0.15) is 5.82 Å². The fourth-order valence-electron chi connectivity index (χ4n) is 4.11. The van der Waals surface area contributed by atoms with Crippen molar-refractivity contribution in [2.45, 2.75) is 45.1 Å². The van der Waals surface area contributed by atoms with Crippen LogP contribution in [0.5, 0.6) is 0 Å². The molecule has 4 rings (SSSR count). The van der Waals surface area contributed by atoms with E-state index >= 15 is 0 Å². The van der Waals surface area contributed by atoms with Crippen LogP contribution in [0.2, 0.25) is 0 Å². The zero-order valence-corrected chi connectivity index (χ0v) is 14.9. The maximum absolute atomic E-state index is 13.2. The van der Waals surface area contributed by atoms with Crippen molar-refractivity contribution in [1.82, 2.24) is 20.3 Å². The van der Waals surface area contributed by atoms with E-state index in [4.69, 9.17) is 10.2 Å². The molecule has 1 saturated carbocycles. The van der Waals surface area contributed by atoms with Gasteiger partial charge >= 0.3 is 0 Å². The summed E-state index contributed by atoms with van der Waals surface area (Å²) in [4.78, 5) is 34.7. The number of rotatable bonds is 5. The Hall–Kier alpha value is -2.41. The van der Waals surface area contributed by atoms with Crippen LogP contribution in [0.4, 0.5) is 0 Å². The Morgan fingerprint density at radius 2 is 2.19 bits per heavy atom. The summed E-state index contributed by atoms with van der Waals surface area (Å²) < 4.78 is 0. The quantitative estimate of drug-likeness (QED) is 0.566. The van der Waals surface area contributed by atoms with Gasteiger partial charge in [-0.2, -0.15) is 0 Å². The van der Waals surface area contributed by atoms with E-state index < -0.39 is 11.8 Å². The molecule has 1 aliphatic carbocycles. The van der Waals surface area contributed by atoms with E-state index in [1.165, 1.54) is 0 Å². The summed E-state index contributed by atoms with van der Waals surface area (Å²) in [7, 11) is 0. The van der Waals surface area contributed by atoms with E-state index in [1.807, 2.05) is 36.1 Å². The minimum absolute atomic E-state index is 0.00217. The van der Waals surface area contributed by atoms with E-state index in [2.05, 4.69) is 4.98 Å². The summed E-state index contributed by atoms with van der Waals surface area (Å²) in [6, 6.07) is 7.78. The summed E-state index contributed by atoms with van der Waals surface area (Å²) in [5, 5.41) is 8.79. The van der Waals surface area contributed by atoms with Gasteiger partial charge in [-0.25, -0.2) is 10.5 Å². The third-order valence-corrected chi connectivity index (χ3v) is 5.87. The van der Waals surface area contributed by atoms with Crippen molar-refractivity contribution in [3.63, 3.8) is 0 Å². The monoisotopic (exact) mass is 356 g/mol. The highest BCUT2D eigenvalue weighted by Crippen LogP contribution is 2.58. The van der Waals surface area contributed by atoms with Gasteiger partial charge in [0.05, 0.1) is 17.1 Å². The van der Waals surface area contributed by atoms with Crippen LogP contribution in [0.15, 0.2) is 24.3 Å². The van der Waals surface area contributed by atoms with E-state index in [0.29, 0.717) is 6.42 Å². The molecule has 1 saturated heterocycles. The van der Waals surface area contributed by atoms with Crippen molar-refractivity contribution in [3.05, 3.63) is 30.1 Å². The molecule has 1 aromatic carbocycles. The van der Waals surface area contributed by atoms with Crippen LogP contribution in [0, 0.1) is 11.3 Å². The van der Waals surface area contributed by atoms with Gasteiger partial charge in [-0.15, -0.1) is 0 Å². The number of carbonyl (C=O) groups excluding carboxylic acids is 2. The zero-order chi connectivity index (χ0) is 18.3. The molecular formula is C19H24N4O3. The molecule has 1 aliphatic heterocycles. The number of benzene rings is 1. The summed E-state index contributed by atoms with van der Waals surface area (Å²) in [5.74, 6) is -0.149. The van der Waals surface area contributed by atoms with Gasteiger partial charge in [-0.05, 0) is 43.2 Å². The van der Waals surface area contributed by atoms with Crippen LogP contribution in [0.3, 0.4) is 0 Å². The zero-order valence-electron chi connectivity index (χ0n) is 14.9. The standard InChI is InChI=1S/C19H24N4O3/c1-2-12(9-16(24)22-26)18(25)23-11-19(7-8-19)10-15(23)17-20-13-5-3-4-6-14(13)21-17/h3-6,12,15,26H,2,7-11H2,1H3,(H,20,21)(H,22,24)/t12-,15-/m1/s1. The molecule has 0 radical (unpaired) electrons. The number of hydroxylamine groups is 1. The number of likely N-dealkylation sites (tertiary alicyclic amines) is 1. The van der Waals surface area contributed by atoms with E-state index in [0.717, 1.165) is 42.7 Å². The molecule has 0 bridgehead atoms. The molecule has 1 spiro atoms. The Morgan fingerprint density at radius 1 is 1.42 bits per heavy atom. The van der Waals surface area contributed by atoms with Crippen molar-refractivity contribution in [3.8, 4) is 0 Å². The van der Waals surface area contributed by atoms with Gasteiger partial charge in [-0.1, -0.05) is 19.1 Å². The second kappa shape index (κ2) is 6.39. The second-order valence-electron chi connectivity index (χ2n) is 7.67. The molecule has 138 valence electrons. The first-order valence-corrected chi connectivity index (χ1v) is 9.23. The average molecular weight is 356 g/mol. The van der Waals surface area contributed by atoms with Gasteiger partial charge in [0.2, 0.25) is 11.8 Å². The third kappa shape index (κ3) is 2.96. The van der Waals surface area contributed by atoms with Crippen LogP contribution in [0.1, 0.15) is 50.9 Å². The number of nitrogens with zero attached hydrogens (tertiary/aromatic N) is 2. The minimum atomic E-state index is -0.522. The van der Waals surface area contributed by atoms with Crippen molar-refractivity contribution in [2.75, 3.05) is 6.54 Å². The number of imidazole rings is 1. The highest BCUT2D eigenvalue weighted by Gasteiger charge is 2.54. The fraction of sp³-hybridized carbons (Fsp3) is 0.526. The number of H-pyrrole nitrogens is 1. The normalized spacial score (nSPS) is 21.9. The van der Waals surface area contributed by atoms with Gasteiger partial charge in [0.25, 0.3) is 0 Å². The molecule has 2 atom stereocenters. The van der Waals surface area contributed by atoms with E-state index in [9.17, 15) is 9.59 Å². The van der Waals surface area contributed by atoms with Crippen LogP contribution in [-0.4, -0.2) is 38.4 Å². The molecular weight excluding hydrogens is 332 g/mol. The molecule has 26 heavy (non-hydrogen) atoms. The maximum Gasteiger partial charge on any atom is 0.244 e. The topological polar surface area (TPSA) is 98.3 Å². The minimum Gasteiger partial charge on any atom is -0.340 e. The number of fused-ring (bicyclic) bond motifs is 1. The summed E-state index contributed by atoms with van der Waals surface area (Å²) in [6.07, 6.45) is 3.76. The van der Waals surface area contributed by atoms with Gasteiger partial charge in [-0.3, -0.25) is 14.8 Å². The molecule has 2 aromatic rings. The Morgan fingerprint density at radius 3 is 2.85 bits per heavy atom. The average Bonchev–Trinajstić information content (AvgIpc) is 3.11. The highest BCUT2D eigenvalue weighted by molar-refractivity contribution is 5.86. The first kappa shape index (κ1) is 17.0. The van der Waals surface area contributed by atoms with Gasteiger partial charge < -0.3 is 9.88 Å². The van der Waals surface area contributed by atoms with Crippen molar-refractivity contribution in [2.24, 2.45) is 11.3 Å².